The molecule has 0 atom stereocenters. The van der Waals surface area contributed by atoms with Crippen LogP contribution in [0, 0.1) is 5.82 Å². The molecule has 0 aliphatic carbocycles. The predicted octanol–water partition coefficient (Wildman–Crippen LogP) is 4.84. The number of nitrogens with zero attached hydrogens (tertiary/aromatic N) is 2. The van der Waals surface area contributed by atoms with E-state index in [9.17, 15) is 17.6 Å². The molecule has 1 aromatic heterocycles. The van der Waals surface area contributed by atoms with Gasteiger partial charge >= 0.3 is 6.18 Å². The van der Waals surface area contributed by atoms with Crippen LogP contribution in [0.2, 0.25) is 5.28 Å². The highest BCUT2D eigenvalue weighted by Gasteiger charge is 2.34. The first-order valence-corrected chi connectivity index (χ1v) is 6.17. The van der Waals surface area contributed by atoms with E-state index in [0.717, 1.165) is 12.1 Å². The standard InChI is InChI=1S/C11H4BrClF4N2O/c12-6-2-1-5(14)3-7(6)20-9-4-8(11(15,16)17)18-10(13)19-9/h1-4H. The van der Waals surface area contributed by atoms with Gasteiger partial charge in [0.25, 0.3) is 0 Å². The van der Waals surface area contributed by atoms with Crippen molar-refractivity contribution in [1.29, 1.82) is 0 Å². The molecule has 0 spiro atoms. The Morgan fingerprint density at radius 3 is 2.50 bits per heavy atom. The molecule has 3 nitrogen and oxygen atoms in total. The maximum Gasteiger partial charge on any atom is 0.433 e. The van der Waals surface area contributed by atoms with Crippen LogP contribution in [0.4, 0.5) is 17.6 Å². The van der Waals surface area contributed by atoms with Gasteiger partial charge in [-0.25, -0.2) is 9.37 Å². The Labute approximate surface area is 123 Å². The van der Waals surface area contributed by atoms with E-state index in [1.54, 1.807) is 0 Å². The largest absolute Gasteiger partial charge is 0.438 e. The SMILES string of the molecule is Fc1ccc(Br)c(Oc2cc(C(F)(F)F)nc(Cl)n2)c1. The van der Waals surface area contributed by atoms with Crippen LogP contribution in [0.3, 0.4) is 0 Å². The van der Waals surface area contributed by atoms with Gasteiger partial charge in [-0.1, -0.05) is 0 Å². The molecule has 9 heteroatoms. The number of ether oxygens (including phenoxy) is 1. The van der Waals surface area contributed by atoms with Crippen molar-refractivity contribution in [3.63, 3.8) is 0 Å². The highest BCUT2D eigenvalue weighted by molar-refractivity contribution is 9.10. The fraction of sp³-hybridized carbons (Fsp3) is 0.0909. The Balaban J connectivity index is 2.39. The molecule has 0 aliphatic rings. The smallest absolute Gasteiger partial charge is 0.433 e. The van der Waals surface area contributed by atoms with Gasteiger partial charge in [0.1, 0.15) is 11.6 Å². The van der Waals surface area contributed by atoms with Crippen LogP contribution in [0.25, 0.3) is 0 Å². The molecule has 1 aromatic carbocycles. The molecule has 0 unspecified atom stereocenters. The molecule has 0 bridgehead atoms. The predicted molar refractivity (Wildman–Crippen MR) is 66.2 cm³/mol. The van der Waals surface area contributed by atoms with Crippen molar-refractivity contribution in [2.24, 2.45) is 0 Å². The molecule has 0 saturated carbocycles. The summed E-state index contributed by atoms with van der Waals surface area (Å²) in [5.74, 6) is -1.09. The first-order valence-electron chi connectivity index (χ1n) is 5.00. The lowest BCUT2D eigenvalue weighted by atomic mass is 10.3. The lowest BCUT2D eigenvalue weighted by molar-refractivity contribution is -0.141. The quantitative estimate of drug-likeness (QED) is 0.559. The average molecular weight is 372 g/mol. The normalized spacial score (nSPS) is 11.5. The summed E-state index contributed by atoms with van der Waals surface area (Å²) in [6.45, 7) is 0. The number of rotatable bonds is 2. The van der Waals surface area contributed by atoms with E-state index < -0.39 is 28.9 Å². The van der Waals surface area contributed by atoms with Gasteiger partial charge in [0.2, 0.25) is 11.2 Å². The minimum Gasteiger partial charge on any atom is -0.438 e. The molecule has 0 N–H and O–H groups in total. The molecule has 0 amide bonds. The van der Waals surface area contributed by atoms with Gasteiger partial charge in [-0.3, -0.25) is 0 Å². The molecule has 0 radical (unpaired) electrons. The van der Waals surface area contributed by atoms with Crippen molar-refractivity contribution < 1.29 is 22.3 Å². The Morgan fingerprint density at radius 1 is 1.15 bits per heavy atom. The number of aromatic nitrogens is 2. The summed E-state index contributed by atoms with van der Waals surface area (Å²) in [6, 6.07) is 4.07. The van der Waals surface area contributed by atoms with Crippen LogP contribution in [-0.4, -0.2) is 9.97 Å². The van der Waals surface area contributed by atoms with Crippen LogP contribution in [0.5, 0.6) is 11.6 Å². The summed E-state index contributed by atoms with van der Waals surface area (Å²) in [6.07, 6.45) is -4.69. The summed E-state index contributed by atoms with van der Waals surface area (Å²) in [5, 5.41) is -0.623. The zero-order chi connectivity index (χ0) is 14.9. The van der Waals surface area contributed by atoms with Gasteiger partial charge < -0.3 is 4.74 Å². The lowest BCUT2D eigenvalue weighted by Crippen LogP contribution is -2.09. The van der Waals surface area contributed by atoms with Crippen molar-refractivity contribution in [2.75, 3.05) is 0 Å². The van der Waals surface area contributed by atoms with Gasteiger partial charge in [-0.2, -0.15) is 18.2 Å². The van der Waals surface area contributed by atoms with Crippen LogP contribution < -0.4 is 4.74 Å². The molecule has 0 fully saturated rings. The summed E-state index contributed by atoms with van der Waals surface area (Å²) < 4.78 is 56.2. The Morgan fingerprint density at radius 2 is 1.85 bits per heavy atom. The second kappa shape index (κ2) is 5.53. The minimum atomic E-state index is -4.69. The first kappa shape index (κ1) is 15.0. The second-order valence-electron chi connectivity index (χ2n) is 3.54. The lowest BCUT2D eigenvalue weighted by Gasteiger charge is -2.10. The van der Waals surface area contributed by atoms with Crippen molar-refractivity contribution in [1.82, 2.24) is 9.97 Å². The summed E-state index contributed by atoms with van der Waals surface area (Å²) in [4.78, 5) is 6.55. The third-order valence-electron chi connectivity index (χ3n) is 2.07. The summed E-state index contributed by atoms with van der Waals surface area (Å²) in [7, 11) is 0. The highest BCUT2D eigenvalue weighted by atomic mass is 79.9. The fourth-order valence-corrected chi connectivity index (χ4v) is 1.76. The average Bonchev–Trinajstić information content (AvgIpc) is 2.32. The number of halogens is 6. The molecule has 20 heavy (non-hydrogen) atoms. The van der Waals surface area contributed by atoms with Crippen molar-refractivity contribution in [2.45, 2.75) is 6.18 Å². The van der Waals surface area contributed by atoms with Crippen LogP contribution >= 0.6 is 27.5 Å². The van der Waals surface area contributed by atoms with E-state index in [2.05, 4.69) is 25.9 Å². The van der Waals surface area contributed by atoms with Gasteiger partial charge in [0.15, 0.2) is 5.69 Å². The Kier molecular flexibility index (Phi) is 4.14. The summed E-state index contributed by atoms with van der Waals surface area (Å²) >= 11 is 8.48. The Hall–Kier alpha value is -1.41. The zero-order valence-corrected chi connectivity index (χ0v) is 11.7. The maximum absolute atomic E-state index is 13.1. The van der Waals surface area contributed by atoms with Crippen molar-refractivity contribution in [3.8, 4) is 11.6 Å². The monoisotopic (exact) mass is 370 g/mol. The topological polar surface area (TPSA) is 35.0 Å². The summed E-state index contributed by atoms with van der Waals surface area (Å²) in [5.41, 5.74) is -1.25. The fourth-order valence-electron chi connectivity index (χ4n) is 1.26. The van der Waals surface area contributed by atoms with E-state index in [1.165, 1.54) is 6.07 Å². The third kappa shape index (κ3) is 3.57. The van der Waals surface area contributed by atoms with Crippen LogP contribution in [0.15, 0.2) is 28.7 Å². The molecule has 106 valence electrons. The molecular weight excluding hydrogens is 367 g/mol. The van der Waals surface area contributed by atoms with Gasteiger partial charge in [-0.15, -0.1) is 0 Å². The first-order chi connectivity index (χ1) is 9.25. The molecular formula is C11H4BrClF4N2O. The van der Waals surface area contributed by atoms with E-state index in [0.29, 0.717) is 10.5 Å². The maximum atomic E-state index is 13.1. The number of alkyl halides is 3. The van der Waals surface area contributed by atoms with Crippen molar-refractivity contribution >= 4 is 27.5 Å². The molecule has 1 heterocycles. The van der Waals surface area contributed by atoms with Gasteiger partial charge in [0, 0.05) is 12.1 Å². The number of benzene rings is 1. The third-order valence-corrected chi connectivity index (χ3v) is 2.90. The molecule has 2 aromatic rings. The van der Waals surface area contributed by atoms with Crippen LogP contribution in [-0.2, 0) is 6.18 Å². The van der Waals surface area contributed by atoms with E-state index in [4.69, 9.17) is 16.3 Å². The minimum absolute atomic E-state index is 0.0344. The van der Waals surface area contributed by atoms with Gasteiger partial charge in [-0.05, 0) is 39.7 Å². The molecule has 0 saturated heterocycles. The van der Waals surface area contributed by atoms with E-state index in [-0.39, 0.29) is 5.75 Å². The van der Waals surface area contributed by atoms with Crippen molar-refractivity contribution in [3.05, 3.63) is 45.5 Å². The number of hydrogen-bond donors (Lipinski definition) is 0. The molecule has 2 rings (SSSR count). The highest BCUT2D eigenvalue weighted by Crippen LogP contribution is 2.33. The zero-order valence-electron chi connectivity index (χ0n) is 9.38. The van der Waals surface area contributed by atoms with E-state index in [1.807, 2.05) is 0 Å². The van der Waals surface area contributed by atoms with E-state index >= 15 is 0 Å². The van der Waals surface area contributed by atoms with Crippen LogP contribution in [0.1, 0.15) is 5.69 Å². The second-order valence-corrected chi connectivity index (χ2v) is 4.73. The Bertz CT molecular complexity index is 651. The molecule has 0 aliphatic heterocycles. The number of hydrogen-bond acceptors (Lipinski definition) is 3. The van der Waals surface area contributed by atoms with Gasteiger partial charge in [0.05, 0.1) is 4.47 Å².